The van der Waals surface area contributed by atoms with Crippen LogP contribution in [0.4, 0.5) is 5.69 Å². The number of carbonyl (C=O) groups is 2. The maximum absolute atomic E-state index is 12.5. The quantitative estimate of drug-likeness (QED) is 0.530. The molecule has 0 spiro atoms. The minimum absolute atomic E-state index is 0.0469. The average Bonchev–Trinajstić information content (AvgIpc) is 3.04. The first-order chi connectivity index (χ1) is 12.6. The number of nitrogens with zero attached hydrogens (tertiary/aromatic N) is 1. The summed E-state index contributed by atoms with van der Waals surface area (Å²) in [6.07, 6.45) is 0.181. The van der Waals surface area contributed by atoms with Crippen molar-refractivity contribution in [3.8, 4) is 5.75 Å². The van der Waals surface area contributed by atoms with E-state index in [1.54, 1.807) is 11.0 Å². The van der Waals surface area contributed by atoms with Crippen molar-refractivity contribution >= 4 is 28.3 Å². The predicted molar refractivity (Wildman–Crippen MR) is 101 cm³/mol. The van der Waals surface area contributed by atoms with Crippen LogP contribution < -0.4 is 9.64 Å². The zero-order chi connectivity index (χ0) is 18.1. The molecule has 0 saturated carbocycles. The zero-order valence-electron chi connectivity index (χ0n) is 14.5. The van der Waals surface area contributed by atoms with E-state index in [1.165, 1.54) is 0 Å². The Morgan fingerprint density at radius 2 is 1.73 bits per heavy atom. The van der Waals surface area contributed by atoms with Crippen molar-refractivity contribution in [2.75, 3.05) is 11.4 Å². The molecule has 1 amide bonds. The third-order valence-electron chi connectivity index (χ3n) is 4.74. The Morgan fingerprint density at radius 3 is 2.50 bits per heavy atom. The van der Waals surface area contributed by atoms with E-state index >= 15 is 0 Å². The number of benzene rings is 3. The van der Waals surface area contributed by atoms with Crippen LogP contribution in [0.5, 0.6) is 5.75 Å². The molecule has 3 aromatic carbocycles. The van der Waals surface area contributed by atoms with Crippen molar-refractivity contribution in [1.82, 2.24) is 0 Å². The number of esters is 1. The minimum atomic E-state index is -0.449. The van der Waals surface area contributed by atoms with Crippen LogP contribution in [0.25, 0.3) is 10.8 Å². The summed E-state index contributed by atoms with van der Waals surface area (Å²) in [7, 11) is 0. The van der Waals surface area contributed by atoms with Crippen LogP contribution in [0.15, 0.2) is 66.7 Å². The summed E-state index contributed by atoms with van der Waals surface area (Å²) in [5.41, 5.74) is 1.95. The number of ether oxygens (including phenoxy) is 1. The Labute approximate surface area is 152 Å². The molecule has 1 fully saturated rings. The van der Waals surface area contributed by atoms with Gasteiger partial charge in [-0.15, -0.1) is 0 Å². The molecule has 1 aliphatic rings. The molecule has 130 valence electrons. The van der Waals surface area contributed by atoms with Crippen molar-refractivity contribution in [1.29, 1.82) is 0 Å². The van der Waals surface area contributed by atoms with Gasteiger partial charge >= 0.3 is 5.97 Å². The summed E-state index contributed by atoms with van der Waals surface area (Å²) in [6.45, 7) is 2.35. The lowest BCUT2D eigenvalue weighted by Crippen LogP contribution is -2.27. The second-order valence-corrected chi connectivity index (χ2v) is 6.67. The fraction of sp³-hybridized carbons (Fsp3) is 0.182. The van der Waals surface area contributed by atoms with Gasteiger partial charge in [-0.05, 0) is 42.0 Å². The lowest BCUT2D eigenvalue weighted by atomic mass is 10.1. The first-order valence-corrected chi connectivity index (χ1v) is 8.68. The lowest BCUT2D eigenvalue weighted by Gasteiger charge is -2.16. The smallest absolute Gasteiger partial charge is 0.316 e. The van der Waals surface area contributed by atoms with Crippen LogP contribution in [0.1, 0.15) is 12.0 Å². The number of hydrogen-bond donors (Lipinski definition) is 0. The number of fused-ring (bicyclic) bond motifs is 1. The highest BCUT2D eigenvalue weighted by Gasteiger charge is 2.36. The Hall–Kier alpha value is -3.14. The van der Waals surface area contributed by atoms with E-state index in [0.29, 0.717) is 12.3 Å². The third kappa shape index (κ3) is 3.18. The lowest BCUT2D eigenvalue weighted by molar-refractivity contribution is -0.139. The summed E-state index contributed by atoms with van der Waals surface area (Å²) in [5, 5.41) is 2.11. The Bertz CT molecular complexity index is 978. The number of carbonyl (C=O) groups excluding carboxylic acids is 2. The normalized spacial score (nSPS) is 16.9. The molecule has 1 heterocycles. The molecule has 1 aliphatic heterocycles. The molecular weight excluding hydrogens is 326 g/mol. The molecule has 3 aromatic rings. The van der Waals surface area contributed by atoms with Crippen molar-refractivity contribution < 1.29 is 14.3 Å². The van der Waals surface area contributed by atoms with Gasteiger partial charge in [0, 0.05) is 18.7 Å². The summed E-state index contributed by atoms with van der Waals surface area (Å²) in [6, 6.07) is 21.2. The second kappa shape index (κ2) is 6.64. The van der Waals surface area contributed by atoms with Crippen LogP contribution in [-0.2, 0) is 9.59 Å². The van der Waals surface area contributed by atoms with E-state index in [-0.39, 0.29) is 18.3 Å². The van der Waals surface area contributed by atoms with Gasteiger partial charge in [0.05, 0.1) is 5.92 Å². The average molecular weight is 345 g/mol. The largest absolute Gasteiger partial charge is 0.426 e. The molecule has 0 aromatic heterocycles. The molecule has 0 radical (unpaired) electrons. The molecule has 0 aliphatic carbocycles. The number of amides is 1. The third-order valence-corrected chi connectivity index (χ3v) is 4.74. The molecule has 0 bridgehead atoms. The Balaban J connectivity index is 1.48. The standard InChI is InChI=1S/C22H19NO3/c1-15-6-9-19(10-7-15)23-14-18(13-21(23)24)22(25)26-20-11-8-16-4-2-3-5-17(16)12-20/h2-12,18H,13-14H2,1H3/t18-/m1/s1. The van der Waals surface area contributed by atoms with E-state index in [0.717, 1.165) is 22.0 Å². The van der Waals surface area contributed by atoms with Crippen LogP contribution >= 0.6 is 0 Å². The fourth-order valence-electron chi connectivity index (χ4n) is 3.27. The van der Waals surface area contributed by atoms with Gasteiger partial charge in [-0.2, -0.15) is 0 Å². The topological polar surface area (TPSA) is 46.6 Å². The van der Waals surface area contributed by atoms with Crippen molar-refractivity contribution in [3.63, 3.8) is 0 Å². The van der Waals surface area contributed by atoms with Gasteiger partial charge in [0.15, 0.2) is 0 Å². The highest BCUT2D eigenvalue weighted by atomic mass is 16.5. The summed E-state index contributed by atoms with van der Waals surface area (Å²) >= 11 is 0. The highest BCUT2D eigenvalue weighted by molar-refractivity contribution is 5.99. The van der Waals surface area contributed by atoms with Crippen LogP contribution in [0, 0.1) is 12.8 Å². The first kappa shape index (κ1) is 16.3. The molecule has 1 saturated heterocycles. The molecule has 4 rings (SSSR count). The van der Waals surface area contributed by atoms with Crippen LogP contribution in [0.3, 0.4) is 0 Å². The number of anilines is 1. The number of rotatable bonds is 3. The fourth-order valence-corrected chi connectivity index (χ4v) is 3.27. The maximum atomic E-state index is 12.5. The van der Waals surface area contributed by atoms with Gasteiger partial charge < -0.3 is 9.64 Å². The van der Waals surface area contributed by atoms with Crippen molar-refractivity contribution in [2.45, 2.75) is 13.3 Å². The molecule has 26 heavy (non-hydrogen) atoms. The monoisotopic (exact) mass is 345 g/mol. The number of hydrogen-bond acceptors (Lipinski definition) is 3. The molecule has 0 unspecified atom stereocenters. The van der Waals surface area contributed by atoms with Crippen molar-refractivity contribution in [3.05, 3.63) is 72.3 Å². The Morgan fingerprint density at radius 1 is 1.00 bits per heavy atom. The van der Waals surface area contributed by atoms with E-state index in [1.807, 2.05) is 67.6 Å². The SMILES string of the molecule is Cc1ccc(N2C[C@H](C(=O)Oc3ccc4ccccc4c3)CC2=O)cc1. The summed E-state index contributed by atoms with van der Waals surface area (Å²) < 4.78 is 5.54. The molecule has 0 N–H and O–H groups in total. The van der Waals surface area contributed by atoms with E-state index in [9.17, 15) is 9.59 Å². The van der Waals surface area contributed by atoms with Gasteiger partial charge in [-0.25, -0.2) is 0 Å². The van der Waals surface area contributed by atoms with Crippen LogP contribution in [-0.4, -0.2) is 18.4 Å². The van der Waals surface area contributed by atoms with Gasteiger partial charge in [-0.3, -0.25) is 9.59 Å². The molecule has 1 atom stereocenters. The first-order valence-electron chi connectivity index (χ1n) is 8.68. The highest BCUT2D eigenvalue weighted by Crippen LogP contribution is 2.27. The minimum Gasteiger partial charge on any atom is -0.426 e. The summed E-state index contributed by atoms with van der Waals surface area (Å²) in [4.78, 5) is 26.5. The summed E-state index contributed by atoms with van der Waals surface area (Å²) in [5.74, 6) is -0.345. The zero-order valence-corrected chi connectivity index (χ0v) is 14.5. The van der Waals surface area contributed by atoms with Crippen molar-refractivity contribution in [2.24, 2.45) is 5.92 Å². The Kier molecular flexibility index (Phi) is 4.17. The maximum Gasteiger partial charge on any atom is 0.316 e. The van der Waals surface area contributed by atoms with Gasteiger partial charge in [0.2, 0.25) is 5.91 Å². The van der Waals surface area contributed by atoms with E-state index < -0.39 is 5.92 Å². The van der Waals surface area contributed by atoms with Gasteiger partial charge in [0.25, 0.3) is 0 Å². The second-order valence-electron chi connectivity index (χ2n) is 6.67. The number of aryl methyl sites for hydroxylation is 1. The molecule has 4 nitrogen and oxygen atoms in total. The molecular formula is C22H19NO3. The van der Waals surface area contributed by atoms with Gasteiger partial charge in [0.1, 0.15) is 5.75 Å². The van der Waals surface area contributed by atoms with E-state index in [2.05, 4.69) is 0 Å². The van der Waals surface area contributed by atoms with Gasteiger partial charge in [-0.1, -0.05) is 48.0 Å². The van der Waals surface area contributed by atoms with Crippen LogP contribution in [0.2, 0.25) is 0 Å². The molecule has 4 heteroatoms. The predicted octanol–water partition coefficient (Wildman–Crippen LogP) is 4.11. The van der Waals surface area contributed by atoms with E-state index in [4.69, 9.17) is 4.74 Å².